The number of nitrogens with one attached hydrogen (secondary N) is 1. The van der Waals surface area contributed by atoms with E-state index in [4.69, 9.17) is 0 Å². The number of aliphatic hydroxyl groups is 1. The summed E-state index contributed by atoms with van der Waals surface area (Å²) in [5.41, 5.74) is 0.0448. The van der Waals surface area contributed by atoms with E-state index in [1.807, 2.05) is 0 Å². The Bertz CT molecular complexity index is 1060. The van der Waals surface area contributed by atoms with Crippen molar-refractivity contribution in [3.8, 4) is 5.69 Å². The highest BCUT2D eigenvalue weighted by Gasteiger charge is 2.30. The van der Waals surface area contributed by atoms with E-state index >= 15 is 0 Å². The molecule has 2 N–H and O–H groups in total. The van der Waals surface area contributed by atoms with Crippen molar-refractivity contribution >= 4 is 11.8 Å². The second kappa shape index (κ2) is 8.54. The third-order valence-corrected chi connectivity index (χ3v) is 4.96. The Morgan fingerprint density at radius 1 is 1.26 bits per heavy atom. The molecule has 7 nitrogen and oxygen atoms in total. The van der Waals surface area contributed by atoms with E-state index in [0.29, 0.717) is 18.1 Å². The monoisotopic (exact) mass is 437 g/mol. The second-order valence-electron chi connectivity index (χ2n) is 7.60. The van der Waals surface area contributed by atoms with Gasteiger partial charge in [0.25, 0.3) is 23.3 Å². The summed E-state index contributed by atoms with van der Waals surface area (Å²) in [5, 5.41) is 11.7. The van der Waals surface area contributed by atoms with Gasteiger partial charge in [-0.3, -0.25) is 19.0 Å². The number of carbonyl (C=O) groups excluding carboxylic acids is 2. The molecule has 31 heavy (non-hydrogen) atoms. The summed E-state index contributed by atoms with van der Waals surface area (Å²) >= 11 is 0. The van der Waals surface area contributed by atoms with E-state index in [1.165, 1.54) is 30.2 Å². The number of alkyl halides is 2. The zero-order chi connectivity index (χ0) is 22.9. The molecule has 2 aromatic rings. The molecule has 0 saturated carbocycles. The van der Waals surface area contributed by atoms with Gasteiger partial charge >= 0.3 is 0 Å². The number of rotatable bonds is 5. The first-order chi connectivity index (χ1) is 14.5. The van der Waals surface area contributed by atoms with Crippen molar-refractivity contribution in [2.75, 3.05) is 13.1 Å². The van der Waals surface area contributed by atoms with Gasteiger partial charge in [0.05, 0.1) is 6.54 Å². The molecule has 0 saturated heterocycles. The molecule has 10 heteroatoms. The van der Waals surface area contributed by atoms with Gasteiger partial charge in [0.2, 0.25) is 0 Å². The summed E-state index contributed by atoms with van der Waals surface area (Å²) in [6.45, 7) is 1.20. The van der Waals surface area contributed by atoms with Crippen LogP contribution < -0.4 is 10.9 Å². The van der Waals surface area contributed by atoms with Crippen LogP contribution in [0.15, 0.2) is 35.3 Å². The summed E-state index contributed by atoms with van der Waals surface area (Å²) in [6.07, 6.45) is 0.356. The minimum absolute atomic E-state index is 0.0186. The lowest BCUT2D eigenvalue weighted by atomic mass is 9.95. The lowest BCUT2D eigenvalue weighted by Crippen LogP contribution is -2.44. The Labute approximate surface area is 176 Å². The average molecular weight is 437 g/mol. The molecule has 1 aliphatic rings. The van der Waals surface area contributed by atoms with Crippen molar-refractivity contribution in [1.82, 2.24) is 14.8 Å². The fraction of sp³-hybridized carbons (Fsp3) is 0.381. The maximum absolute atomic E-state index is 13.3. The summed E-state index contributed by atoms with van der Waals surface area (Å²) < 4.78 is 40.9. The molecule has 0 aliphatic carbocycles. The van der Waals surface area contributed by atoms with E-state index < -0.39 is 41.8 Å². The van der Waals surface area contributed by atoms with Crippen LogP contribution in [0.4, 0.5) is 13.2 Å². The van der Waals surface area contributed by atoms with Gasteiger partial charge in [0.1, 0.15) is 17.5 Å². The highest BCUT2D eigenvalue weighted by Crippen LogP contribution is 2.23. The topological polar surface area (TPSA) is 91.6 Å². The number of halogens is 3. The molecule has 0 spiro atoms. The van der Waals surface area contributed by atoms with Crippen molar-refractivity contribution in [2.45, 2.75) is 38.8 Å². The predicted molar refractivity (Wildman–Crippen MR) is 106 cm³/mol. The maximum Gasteiger partial charge on any atom is 0.268 e. The predicted octanol–water partition coefficient (Wildman–Crippen LogP) is 1.63. The Kier molecular flexibility index (Phi) is 6.21. The fourth-order valence-corrected chi connectivity index (χ4v) is 3.46. The van der Waals surface area contributed by atoms with Crippen LogP contribution in [0, 0.1) is 5.82 Å². The molecule has 0 fully saturated rings. The largest absolute Gasteiger partial charge is 0.384 e. The number of aliphatic hydroxyl groups excluding tert-OH is 1. The molecular formula is C21H22F3N3O4. The summed E-state index contributed by atoms with van der Waals surface area (Å²) in [7, 11) is 0. The Morgan fingerprint density at radius 3 is 2.48 bits per heavy atom. The van der Waals surface area contributed by atoms with Gasteiger partial charge in [0.15, 0.2) is 0 Å². The van der Waals surface area contributed by atoms with Gasteiger partial charge < -0.3 is 15.3 Å². The van der Waals surface area contributed by atoms with Crippen molar-refractivity contribution in [3.63, 3.8) is 0 Å². The minimum atomic E-state index is -3.17. The lowest BCUT2D eigenvalue weighted by molar-refractivity contribution is -0.140. The zero-order valence-corrected chi connectivity index (χ0v) is 17.0. The molecule has 1 aliphatic heterocycles. The Balaban J connectivity index is 2.11. The zero-order valence-electron chi connectivity index (χ0n) is 17.0. The van der Waals surface area contributed by atoms with Crippen molar-refractivity contribution in [3.05, 3.63) is 63.3 Å². The van der Waals surface area contributed by atoms with Crippen LogP contribution in [0.3, 0.4) is 0 Å². The fourth-order valence-electron chi connectivity index (χ4n) is 3.46. The van der Waals surface area contributed by atoms with Gasteiger partial charge in [-0.2, -0.15) is 0 Å². The summed E-state index contributed by atoms with van der Waals surface area (Å²) in [4.78, 5) is 39.4. The van der Waals surface area contributed by atoms with E-state index in [0.717, 1.165) is 16.7 Å². The number of nitrogens with zero attached hydrogens (tertiary/aromatic N) is 2. The minimum Gasteiger partial charge on any atom is -0.384 e. The van der Waals surface area contributed by atoms with Gasteiger partial charge in [-0.25, -0.2) is 13.2 Å². The van der Waals surface area contributed by atoms with E-state index in [2.05, 4.69) is 5.32 Å². The van der Waals surface area contributed by atoms with Gasteiger partial charge in [-0.05, 0) is 48.7 Å². The van der Waals surface area contributed by atoms with Crippen LogP contribution in [-0.4, -0.2) is 51.5 Å². The van der Waals surface area contributed by atoms with E-state index in [9.17, 15) is 32.7 Å². The van der Waals surface area contributed by atoms with Crippen LogP contribution in [0.2, 0.25) is 0 Å². The summed E-state index contributed by atoms with van der Waals surface area (Å²) in [5.74, 6) is -5.15. The number of hydrogen-bond donors (Lipinski definition) is 2. The molecule has 1 atom stereocenters. The smallest absolute Gasteiger partial charge is 0.268 e. The molecule has 2 amide bonds. The number of amides is 2. The van der Waals surface area contributed by atoms with E-state index in [-0.39, 0.29) is 30.8 Å². The van der Waals surface area contributed by atoms with Gasteiger partial charge in [-0.1, -0.05) is 0 Å². The molecular weight excluding hydrogens is 415 g/mol. The maximum atomic E-state index is 13.3. The van der Waals surface area contributed by atoms with Gasteiger partial charge in [0, 0.05) is 31.9 Å². The number of carbonyl (C=O) groups is 2. The van der Waals surface area contributed by atoms with Crippen LogP contribution >= 0.6 is 0 Å². The summed E-state index contributed by atoms with van der Waals surface area (Å²) in [6, 6.07) is 4.96. The van der Waals surface area contributed by atoms with Crippen molar-refractivity contribution < 1.29 is 27.9 Å². The third kappa shape index (κ3) is 4.96. The van der Waals surface area contributed by atoms with Crippen LogP contribution in [0.25, 0.3) is 5.69 Å². The first-order valence-corrected chi connectivity index (χ1v) is 9.64. The van der Waals surface area contributed by atoms with Crippen molar-refractivity contribution in [1.29, 1.82) is 0 Å². The molecule has 1 aromatic carbocycles. The van der Waals surface area contributed by atoms with Crippen LogP contribution in [0.5, 0.6) is 0 Å². The normalized spacial score (nSPS) is 14.7. The number of pyridine rings is 1. The van der Waals surface area contributed by atoms with Gasteiger partial charge in [-0.15, -0.1) is 0 Å². The van der Waals surface area contributed by atoms with Crippen LogP contribution in [0.1, 0.15) is 35.3 Å². The molecule has 0 radical (unpaired) electrons. The lowest BCUT2D eigenvalue weighted by Gasteiger charge is -2.31. The number of benzene rings is 1. The molecule has 1 aromatic heterocycles. The number of fused-ring (bicyclic) bond motifs is 1. The standard InChI is InChI=1S/C21H22F3N3O4/c1-12(28)19(30)26-8-7-16-13(9-26)10-27(15-5-3-14(22)4-6-15)20(31)17(16)18(29)25-11-21(2,23)24/h3-6,10,12,28H,7-9,11H2,1-2H3,(H,25,29)/t12-/m0/s1. The quantitative estimate of drug-likeness (QED) is 0.744. The highest BCUT2D eigenvalue weighted by atomic mass is 19.3. The third-order valence-electron chi connectivity index (χ3n) is 4.96. The van der Waals surface area contributed by atoms with Crippen molar-refractivity contribution in [2.24, 2.45) is 0 Å². The SMILES string of the molecule is C[C@H](O)C(=O)N1CCc2c(cn(-c3ccc(F)cc3)c(=O)c2C(=O)NCC(C)(F)F)C1. The first-order valence-electron chi connectivity index (χ1n) is 9.64. The second-order valence-corrected chi connectivity index (χ2v) is 7.60. The molecule has 0 unspecified atom stereocenters. The number of hydrogen-bond acceptors (Lipinski definition) is 4. The average Bonchev–Trinajstić information content (AvgIpc) is 2.71. The van der Waals surface area contributed by atoms with Crippen LogP contribution in [-0.2, 0) is 17.8 Å². The molecule has 3 rings (SSSR count). The first kappa shape index (κ1) is 22.5. The molecule has 166 valence electrons. The highest BCUT2D eigenvalue weighted by molar-refractivity contribution is 5.96. The Hall–Kier alpha value is -3.14. The Morgan fingerprint density at radius 2 is 1.90 bits per heavy atom. The van der Waals surface area contributed by atoms with E-state index in [1.54, 1.807) is 0 Å². The number of aromatic nitrogens is 1. The molecule has 0 bridgehead atoms. The molecule has 2 heterocycles.